The molecule has 0 spiro atoms. The second kappa shape index (κ2) is 5.48. The van der Waals surface area contributed by atoms with Gasteiger partial charge in [0.15, 0.2) is 11.6 Å². The molecule has 0 aromatic heterocycles. The standard InChI is InChI=1S/C14H14FNO3/c1-18-11-6-2-4-9(13(11)15)8-19-12-7-3-5-10(17)14(12)16/h2-7,17H,8,16H2,1H3. The van der Waals surface area contributed by atoms with E-state index in [4.69, 9.17) is 15.2 Å². The van der Waals surface area contributed by atoms with E-state index in [0.717, 1.165) is 0 Å². The van der Waals surface area contributed by atoms with E-state index >= 15 is 0 Å². The van der Waals surface area contributed by atoms with Crippen LogP contribution in [0.5, 0.6) is 17.2 Å². The van der Waals surface area contributed by atoms with Crippen molar-refractivity contribution < 1.29 is 19.0 Å². The molecule has 2 rings (SSSR count). The Labute approximate surface area is 110 Å². The highest BCUT2D eigenvalue weighted by Crippen LogP contribution is 2.31. The molecule has 3 N–H and O–H groups in total. The van der Waals surface area contributed by atoms with Crippen LogP contribution >= 0.6 is 0 Å². The third kappa shape index (κ3) is 2.70. The lowest BCUT2D eigenvalue weighted by molar-refractivity contribution is 0.296. The van der Waals surface area contributed by atoms with Crippen LogP contribution in [0.1, 0.15) is 5.56 Å². The number of nitrogen functional groups attached to an aromatic ring is 1. The molecule has 5 heteroatoms. The van der Waals surface area contributed by atoms with Gasteiger partial charge in [-0.3, -0.25) is 0 Å². The van der Waals surface area contributed by atoms with E-state index in [0.29, 0.717) is 11.3 Å². The molecule has 2 aromatic carbocycles. The topological polar surface area (TPSA) is 64.7 Å². The lowest BCUT2D eigenvalue weighted by atomic mass is 10.2. The highest BCUT2D eigenvalue weighted by molar-refractivity contribution is 5.61. The molecule has 0 heterocycles. The number of nitrogens with two attached hydrogens (primary N) is 1. The van der Waals surface area contributed by atoms with Crippen molar-refractivity contribution in [1.82, 2.24) is 0 Å². The Balaban J connectivity index is 2.17. The number of anilines is 1. The van der Waals surface area contributed by atoms with Crippen LogP contribution in [0.25, 0.3) is 0 Å². The third-order valence-corrected chi connectivity index (χ3v) is 2.69. The number of para-hydroxylation sites is 1. The van der Waals surface area contributed by atoms with Gasteiger partial charge in [0.05, 0.1) is 7.11 Å². The summed E-state index contributed by atoms with van der Waals surface area (Å²) in [5.41, 5.74) is 6.13. The van der Waals surface area contributed by atoms with Crippen molar-refractivity contribution >= 4 is 5.69 Å². The van der Waals surface area contributed by atoms with Crippen molar-refractivity contribution in [3.05, 3.63) is 47.8 Å². The van der Waals surface area contributed by atoms with Gasteiger partial charge < -0.3 is 20.3 Å². The Morgan fingerprint density at radius 1 is 1.16 bits per heavy atom. The molecule has 0 unspecified atom stereocenters. The molecule has 100 valence electrons. The number of methoxy groups -OCH3 is 1. The summed E-state index contributed by atoms with van der Waals surface area (Å²) in [6.07, 6.45) is 0. The van der Waals surface area contributed by atoms with Gasteiger partial charge >= 0.3 is 0 Å². The number of aromatic hydroxyl groups is 1. The molecule has 0 amide bonds. The first kappa shape index (κ1) is 13.0. The lowest BCUT2D eigenvalue weighted by Gasteiger charge is -2.11. The monoisotopic (exact) mass is 263 g/mol. The number of benzene rings is 2. The zero-order chi connectivity index (χ0) is 13.8. The van der Waals surface area contributed by atoms with E-state index in [1.807, 2.05) is 0 Å². The molecular weight excluding hydrogens is 249 g/mol. The van der Waals surface area contributed by atoms with Crippen LogP contribution in [0.4, 0.5) is 10.1 Å². The molecule has 2 aromatic rings. The Hall–Kier alpha value is -2.43. The van der Waals surface area contributed by atoms with E-state index in [-0.39, 0.29) is 23.8 Å². The number of phenols is 1. The van der Waals surface area contributed by atoms with Crippen molar-refractivity contribution in [2.75, 3.05) is 12.8 Å². The van der Waals surface area contributed by atoms with Crippen LogP contribution in [0.15, 0.2) is 36.4 Å². The van der Waals surface area contributed by atoms with Crippen molar-refractivity contribution in [3.63, 3.8) is 0 Å². The number of hydrogen-bond donors (Lipinski definition) is 2. The van der Waals surface area contributed by atoms with Crippen LogP contribution in [0.3, 0.4) is 0 Å². The summed E-state index contributed by atoms with van der Waals surface area (Å²) in [7, 11) is 1.40. The van der Waals surface area contributed by atoms with Gasteiger partial charge in [0, 0.05) is 5.56 Å². The average Bonchev–Trinajstić information content (AvgIpc) is 2.42. The van der Waals surface area contributed by atoms with E-state index in [2.05, 4.69) is 0 Å². The maximum atomic E-state index is 13.9. The summed E-state index contributed by atoms with van der Waals surface area (Å²) in [5.74, 6) is -0.0699. The van der Waals surface area contributed by atoms with Crippen molar-refractivity contribution in [2.45, 2.75) is 6.61 Å². The predicted molar refractivity (Wildman–Crippen MR) is 69.8 cm³/mol. The number of phenolic OH excluding ortho intramolecular Hbond substituents is 1. The number of halogens is 1. The van der Waals surface area contributed by atoms with Gasteiger partial charge in [-0.2, -0.15) is 0 Å². The van der Waals surface area contributed by atoms with Crippen molar-refractivity contribution in [3.8, 4) is 17.2 Å². The van der Waals surface area contributed by atoms with Crippen LogP contribution in [-0.2, 0) is 6.61 Å². The van der Waals surface area contributed by atoms with Gasteiger partial charge in [-0.25, -0.2) is 4.39 Å². The predicted octanol–water partition coefficient (Wildman–Crippen LogP) is 2.70. The van der Waals surface area contributed by atoms with Gasteiger partial charge in [-0.15, -0.1) is 0 Å². The first-order valence-corrected chi connectivity index (χ1v) is 5.65. The number of hydrogen-bond acceptors (Lipinski definition) is 4. The Morgan fingerprint density at radius 3 is 2.58 bits per heavy atom. The Morgan fingerprint density at radius 2 is 1.84 bits per heavy atom. The van der Waals surface area contributed by atoms with E-state index in [9.17, 15) is 9.50 Å². The fraction of sp³-hybridized carbons (Fsp3) is 0.143. The minimum absolute atomic E-state index is 0.00329. The molecule has 0 aliphatic carbocycles. The molecule has 0 saturated heterocycles. The molecule has 0 radical (unpaired) electrons. The highest BCUT2D eigenvalue weighted by Gasteiger charge is 2.10. The molecule has 0 saturated carbocycles. The number of ether oxygens (including phenoxy) is 2. The lowest BCUT2D eigenvalue weighted by Crippen LogP contribution is -2.02. The van der Waals surface area contributed by atoms with Crippen LogP contribution < -0.4 is 15.2 Å². The highest BCUT2D eigenvalue weighted by atomic mass is 19.1. The smallest absolute Gasteiger partial charge is 0.171 e. The van der Waals surface area contributed by atoms with Gasteiger partial charge in [0.25, 0.3) is 0 Å². The summed E-state index contributed by atoms with van der Waals surface area (Å²) < 4.78 is 24.2. The zero-order valence-corrected chi connectivity index (χ0v) is 10.4. The maximum Gasteiger partial charge on any atom is 0.171 e. The summed E-state index contributed by atoms with van der Waals surface area (Å²) in [4.78, 5) is 0. The molecule has 0 aliphatic rings. The Bertz CT molecular complexity index is 587. The van der Waals surface area contributed by atoms with Crippen molar-refractivity contribution in [1.29, 1.82) is 0 Å². The van der Waals surface area contributed by atoms with Gasteiger partial charge in [0.2, 0.25) is 0 Å². The van der Waals surface area contributed by atoms with E-state index in [1.165, 1.54) is 19.2 Å². The van der Waals surface area contributed by atoms with Gasteiger partial charge in [0.1, 0.15) is 23.8 Å². The quantitative estimate of drug-likeness (QED) is 0.657. The molecule has 19 heavy (non-hydrogen) atoms. The average molecular weight is 263 g/mol. The molecule has 4 nitrogen and oxygen atoms in total. The summed E-state index contributed by atoms with van der Waals surface area (Å²) in [5, 5.41) is 9.43. The zero-order valence-electron chi connectivity index (χ0n) is 10.4. The fourth-order valence-electron chi connectivity index (χ4n) is 1.64. The minimum atomic E-state index is -0.469. The van der Waals surface area contributed by atoms with Crippen LogP contribution in [-0.4, -0.2) is 12.2 Å². The van der Waals surface area contributed by atoms with E-state index in [1.54, 1.807) is 24.3 Å². The number of rotatable bonds is 4. The molecule has 0 aliphatic heterocycles. The molecule has 0 atom stereocenters. The minimum Gasteiger partial charge on any atom is -0.506 e. The summed E-state index contributed by atoms with van der Waals surface area (Å²) >= 11 is 0. The van der Waals surface area contributed by atoms with E-state index < -0.39 is 5.82 Å². The second-order valence-electron chi connectivity index (χ2n) is 3.91. The SMILES string of the molecule is COc1cccc(COc2cccc(O)c2N)c1F. The molecular formula is C14H14FNO3. The largest absolute Gasteiger partial charge is 0.506 e. The maximum absolute atomic E-state index is 13.9. The third-order valence-electron chi connectivity index (χ3n) is 2.69. The molecule has 0 fully saturated rings. The van der Waals surface area contributed by atoms with Crippen LogP contribution in [0, 0.1) is 5.82 Å². The normalized spacial score (nSPS) is 10.2. The van der Waals surface area contributed by atoms with Crippen molar-refractivity contribution in [2.24, 2.45) is 0 Å². The first-order chi connectivity index (χ1) is 9.13. The fourth-order valence-corrected chi connectivity index (χ4v) is 1.64. The second-order valence-corrected chi connectivity index (χ2v) is 3.91. The van der Waals surface area contributed by atoms with Gasteiger partial charge in [-0.1, -0.05) is 18.2 Å². The van der Waals surface area contributed by atoms with Crippen LogP contribution in [0.2, 0.25) is 0 Å². The first-order valence-electron chi connectivity index (χ1n) is 5.65. The summed E-state index contributed by atoms with van der Waals surface area (Å²) in [6, 6.07) is 9.45. The Kier molecular flexibility index (Phi) is 3.75. The van der Waals surface area contributed by atoms with Gasteiger partial charge in [-0.05, 0) is 18.2 Å². The molecule has 0 bridgehead atoms. The summed E-state index contributed by atoms with van der Waals surface area (Å²) in [6.45, 7) is -0.00329.